The van der Waals surface area contributed by atoms with Gasteiger partial charge in [0.05, 0.1) is 17.8 Å². The lowest BCUT2D eigenvalue weighted by Gasteiger charge is -2.36. The highest BCUT2D eigenvalue weighted by atomic mass is 19.1. The number of carbonyl (C=O) groups excluding carboxylic acids is 1. The number of benzene rings is 1. The molecule has 1 saturated carbocycles. The molecule has 190 valence electrons. The van der Waals surface area contributed by atoms with Crippen LogP contribution in [0.1, 0.15) is 65.8 Å². The van der Waals surface area contributed by atoms with Gasteiger partial charge in [0, 0.05) is 31.2 Å². The molecule has 1 saturated heterocycles. The van der Waals surface area contributed by atoms with Gasteiger partial charge in [-0.2, -0.15) is 0 Å². The highest BCUT2D eigenvalue weighted by molar-refractivity contribution is 5.96. The minimum atomic E-state index is -1.47. The molecular formula is C28H32F2N4O2. The van der Waals surface area contributed by atoms with E-state index in [1.54, 1.807) is 24.4 Å². The molecule has 5 rings (SSSR count). The summed E-state index contributed by atoms with van der Waals surface area (Å²) in [5.74, 6) is -0.910. The van der Waals surface area contributed by atoms with Gasteiger partial charge >= 0.3 is 0 Å². The number of aliphatic hydroxyl groups excluding tert-OH is 1. The third-order valence-electron chi connectivity index (χ3n) is 7.57. The molecule has 2 N–H and O–H groups in total. The molecule has 2 unspecified atom stereocenters. The second-order valence-corrected chi connectivity index (χ2v) is 10.2. The van der Waals surface area contributed by atoms with Crippen LogP contribution in [-0.2, 0) is 12.2 Å². The molecule has 6 nitrogen and oxygen atoms in total. The Hall–Kier alpha value is -2.97. The van der Waals surface area contributed by atoms with Crippen molar-refractivity contribution < 1.29 is 18.7 Å². The number of aliphatic hydroxyl groups is 1. The highest BCUT2D eigenvalue weighted by Crippen LogP contribution is 2.37. The number of pyridine rings is 2. The average Bonchev–Trinajstić information content (AvgIpc) is 2.87. The summed E-state index contributed by atoms with van der Waals surface area (Å²) in [7, 11) is 0. The van der Waals surface area contributed by atoms with Gasteiger partial charge in [-0.25, -0.2) is 13.8 Å². The molecule has 1 aliphatic carbocycles. The molecule has 2 fully saturated rings. The Labute approximate surface area is 209 Å². The number of alkyl halides is 1. The third kappa shape index (κ3) is 5.11. The van der Waals surface area contributed by atoms with Crippen molar-refractivity contribution in [2.24, 2.45) is 0 Å². The van der Waals surface area contributed by atoms with Gasteiger partial charge in [0.2, 0.25) is 0 Å². The summed E-state index contributed by atoms with van der Waals surface area (Å²) in [6.07, 6.45) is 4.92. The van der Waals surface area contributed by atoms with Gasteiger partial charge in [0.25, 0.3) is 5.91 Å². The van der Waals surface area contributed by atoms with E-state index in [9.17, 15) is 14.3 Å². The van der Waals surface area contributed by atoms with Crippen molar-refractivity contribution in [2.45, 2.75) is 69.8 Å². The van der Waals surface area contributed by atoms with Gasteiger partial charge in [0.1, 0.15) is 17.0 Å². The van der Waals surface area contributed by atoms with E-state index in [2.05, 4.69) is 20.2 Å². The summed E-state index contributed by atoms with van der Waals surface area (Å²) >= 11 is 0. The first-order valence-corrected chi connectivity index (χ1v) is 12.7. The van der Waals surface area contributed by atoms with E-state index < -0.39 is 23.5 Å². The van der Waals surface area contributed by atoms with Crippen molar-refractivity contribution in [1.82, 2.24) is 20.2 Å². The minimum absolute atomic E-state index is 0.126. The molecule has 36 heavy (non-hydrogen) atoms. The number of rotatable bonds is 5. The lowest BCUT2D eigenvalue weighted by molar-refractivity contribution is 0.0491. The van der Waals surface area contributed by atoms with Crippen LogP contribution in [0.4, 0.5) is 8.78 Å². The fourth-order valence-electron chi connectivity index (χ4n) is 5.40. The predicted octanol–water partition coefficient (Wildman–Crippen LogP) is 4.57. The van der Waals surface area contributed by atoms with Crippen LogP contribution in [0.25, 0.3) is 10.9 Å². The molecular weight excluding hydrogens is 462 g/mol. The van der Waals surface area contributed by atoms with Gasteiger partial charge in [-0.1, -0.05) is 25.0 Å². The van der Waals surface area contributed by atoms with E-state index in [0.717, 1.165) is 24.0 Å². The molecule has 3 heterocycles. The Balaban J connectivity index is 1.36. The highest BCUT2D eigenvalue weighted by Gasteiger charge is 2.37. The Morgan fingerprint density at radius 3 is 2.72 bits per heavy atom. The maximum Gasteiger partial charge on any atom is 0.270 e. The fraction of sp³-hybridized carbons (Fsp3) is 0.464. The largest absolute Gasteiger partial charge is 0.391 e. The monoisotopic (exact) mass is 494 g/mol. The Bertz CT molecular complexity index is 1260. The first-order valence-electron chi connectivity index (χ1n) is 12.7. The smallest absolute Gasteiger partial charge is 0.270 e. The first kappa shape index (κ1) is 24.7. The zero-order chi connectivity index (χ0) is 25.3. The predicted molar refractivity (Wildman–Crippen MR) is 134 cm³/mol. The van der Waals surface area contributed by atoms with E-state index >= 15 is 4.39 Å². The fourth-order valence-corrected chi connectivity index (χ4v) is 5.40. The number of para-hydroxylation sites is 1. The topological polar surface area (TPSA) is 78.4 Å². The lowest BCUT2D eigenvalue weighted by Crippen LogP contribution is -2.45. The molecule has 2 aliphatic rings. The molecule has 1 aliphatic heterocycles. The van der Waals surface area contributed by atoms with Crippen molar-refractivity contribution in [2.75, 3.05) is 13.1 Å². The van der Waals surface area contributed by atoms with E-state index in [1.165, 1.54) is 6.07 Å². The van der Waals surface area contributed by atoms with Gasteiger partial charge in [-0.3, -0.25) is 14.7 Å². The Morgan fingerprint density at radius 1 is 1.19 bits per heavy atom. The van der Waals surface area contributed by atoms with Crippen LogP contribution in [0.3, 0.4) is 0 Å². The second-order valence-electron chi connectivity index (χ2n) is 10.2. The van der Waals surface area contributed by atoms with E-state index in [1.807, 2.05) is 19.1 Å². The Morgan fingerprint density at radius 2 is 1.97 bits per heavy atom. The van der Waals surface area contributed by atoms with Crippen LogP contribution in [0.5, 0.6) is 0 Å². The number of halogens is 2. The number of aromatic nitrogens is 2. The van der Waals surface area contributed by atoms with Crippen molar-refractivity contribution in [1.29, 1.82) is 0 Å². The summed E-state index contributed by atoms with van der Waals surface area (Å²) in [5, 5.41) is 13.8. The quantitative estimate of drug-likeness (QED) is 0.543. The standard InChI is InChI=1S/C28H32F2N4O2/c1-18-9-12-31-25(15-18)28(30)10-13-34(14-11-28)17-19-16-23(32-26-20(19)5-4-6-21(26)29)27(36)33-22-7-2-3-8-24(22)35/h4-6,9,12,15-16,22,24,35H,2-3,7-8,10-11,13-14,17H2,1H3,(H,33,36). The number of carbonyl (C=O) groups is 1. The zero-order valence-electron chi connectivity index (χ0n) is 20.5. The normalized spacial score (nSPS) is 22.4. The van der Waals surface area contributed by atoms with Crippen molar-refractivity contribution in [3.63, 3.8) is 0 Å². The molecule has 8 heteroatoms. The third-order valence-corrected chi connectivity index (χ3v) is 7.57. The zero-order valence-corrected chi connectivity index (χ0v) is 20.5. The number of nitrogens with one attached hydrogen (secondary N) is 1. The Kier molecular flexibility index (Phi) is 6.99. The maximum atomic E-state index is 15.7. The summed E-state index contributed by atoms with van der Waals surface area (Å²) < 4.78 is 30.4. The van der Waals surface area contributed by atoms with Crippen molar-refractivity contribution in [3.05, 3.63) is 70.9 Å². The van der Waals surface area contributed by atoms with E-state index in [-0.39, 0.29) is 17.3 Å². The molecule has 1 amide bonds. The number of amides is 1. The van der Waals surface area contributed by atoms with Crippen LogP contribution in [-0.4, -0.2) is 51.1 Å². The van der Waals surface area contributed by atoms with Gasteiger partial charge in [0.15, 0.2) is 5.67 Å². The van der Waals surface area contributed by atoms with Crippen LogP contribution in [0, 0.1) is 12.7 Å². The second kappa shape index (κ2) is 10.2. The minimum Gasteiger partial charge on any atom is -0.391 e. The van der Waals surface area contributed by atoms with Crippen molar-refractivity contribution in [3.8, 4) is 0 Å². The number of hydrogen-bond acceptors (Lipinski definition) is 5. The molecule has 2 atom stereocenters. The summed E-state index contributed by atoms with van der Waals surface area (Å²) in [4.78, 5) is 23.8. The van der Waals surface area contributed by atoms with E-state index in [4.69, 9.17) is 0 Å². The molecule has 3 aromatic rings. The maximum absolute atomic E-state index is 15.7. The first-order chi connectivity index (χ1) is 17.3. The van der Waals surface area contributed by atoms with E-state index in [0.29, 0.717) is 56.4 Å². The molecule has 0 radical (unpaired) electrons. The van der Waals surface area contributed by atoms with Crippen molar-refractivity contribution >= 4 is 16.8 Å². The average molecular weight is 495 g/mol. The summed E-state index contributed by atoms with van der Waals surface area (Å²) in [5.41, 5.74) is 1.03. The number of hydrogen-bond donors (Lipinski definition) is 2. The number of nitrogens with zero attached hydrogens (tertiary/aromatic N) is 3. The number of fused-ring (bicyclic) bond motifs is 1. The van der Waals surface area contributed by atoms with Crippen LogP contribution in [0.15, 0.2) is 42.6 Å². The molecule has 0 bridgehead atoms. The summed E-state index contributed by atoms with van der Waals surface area (Å²) in [6, 6.07) is 9.80. The summed E-state index contributed by atoms with van der Waals surface area (Å²) in [6.45, 7) is 3.41. The number of piperidine rings is 1. The van der Waals surface area contributed by atoms with Crippen LogP contribution in [0.2, 0.25) is 0 Å². The molecule has 0 spiro atoms. The molecule has 1 aromatic carbocycles. The van der Waals surface area contributed by atoms with Gasteiger partial charge < -0.3 is 10.4 Å². The van der Waals surface area contributed by atoms with Gasteiger partial charge in [-0.15, -0.1) is 0 Å². The SMILES string of the molecule is Cc1ccnc(C2(F)CCN(Cc3cc(C(=O)NC4CCCCC4O)nc4c(F)cccc34)CC2)c1. The number of aryl methyl sites for hydroxylation is 1. The molecule has 2 aromatic heterocycles. The van der Waals surface area contributed by atoms with Gasteiger partial charge in [-0.05, 0) is 68.0 Å². The lowest BCUT2D eigenvalue weighted by atomic mass is 9.88. The van der Waals surface area contributed by atoms with Crippen LogP contribution < -0.4 is 5.32 Å². The number of likely N-dealkylation sites (tertiary alicyclic amines) is 1. The van der Waals surface area contributed by atoms with Crippen LogP contribution >= 0.6 is 0 Å².